The monoisotopic (exact) mass is 282 g/mol. The van der Waals surface area contributed by atoms with Gasteiger partial charge in [0, 0.05) is 5.02 Å². The Kier molecular flexibility index (Phi) is 2.85. The quantitative estimate of drug-likeness (QED) is 0.743. The minimum Gasteiger partial charge on any atom is -0.369 e. The first-order chi connectivity index (χ1) is 9.61. The van der Waals surface area contributed by atoms with Crippen molar-refractivity contribution in [1.82, 2.24) is 9.55 Å². The van der Waals surface area contributed by atoms with E-state index in [4.69, 9.17) is 22.6 Å². The number of rotatable bonds is 1. The molecule has 0 fully saturated rings. The van der Waals surface area contributed by atoms with Crippen LogP contribution in [0.1, 0.15) is 11.1 Å². The standard InChI is InChI=1S/C15H11ClN4/c1-9-11(16)3-2-4-13(9)20-14-7-10(8-17)5-6-12(14)19-15(20)18/h2-7H,1H3,(H2,18,19). The highest BCUT2D eigenvalue weighted by molar-refractivity contribution is 6.31. The normalized spacial score (nSPS) is 10.7. The Balaban J connectivity index is 2.38. The van der Waals surface area contributed by atoms with E-state index in [9.17, 15) is 0 Å². The van der Waals surface area contributed by atoms with Crippen molar-refractivity contribution in [3.63, 3.8) is 0 Å². The van der Waals surface area contributed by atoms with Crippen LogP contribution in [0.3, 0.4) is 0 Å². The van der Waals surface area contributed by atoms with Crippen LogP contribution in [0.4, 0.5) is 5.95 Å². The van der Waals surface area contributed by atoms with Crippen LogP contribution in [0.2, 0.25) is 5.02 Å². The Hall–Kier alpha value is -2.51. The van der Waals surface area contributed by atoms with Gasteiger partial charge in [-0.3, -0.25) is 4.57 Å². The number of anilines is 1. The molecule has 0 aliphatic heterocycles. The molecule has 3 rings (SSSR count). The van der Waals surface area contributed by atoms with Gasteiger partial charge in [-0.2, -0.15) is 5.26 Å². The molecule has 2 aromatic carbocycles. The first-order valence-corrected chi connectivity index (χ1v) is 6.43. The maximum absolute atomic E-state index is 9.03. The summed E-state index contributed by atoms with van der Waals surface area (Å²) in [5.74, 6) is 0.375. The van der Waals surface area contributed by atoms with Crippen molar-refractivity contribution in [3.05, 3.63) is 52.5 Å². The fourth-order valence-electron chi connectivity index (χ4n) is 2.25. The van der Waals surface area contributed by atoms with Gasteiger partial charge in [-0.25, -0.2) is 4.98 Å². The topological polar surface area (TPSA) is 67.6 Å². The van der Waals surface area contributed by atoms with E-state index in [1.807, 2.05) is 29.7 Å². The van der Waals surface area contributed by atoms with Gasteiger partial charge in [0.15, 0.2) is 0 Å². The maximum Gasteiger partial charge on any atom is 0.205 e. The van der Waals surface area contributed by atoms with Gasteiger partial charge in [-0.1, -0.05) is 17.7 Å². The molecule has 3 aromatic rings. The predicted octanol–water partition coefficient (Wildman–Crippen LogP) is 3.44. The molecular formula is C15H11ClN4. The smallest absolute Gasteiger partial charge is 0.205 e. The summed E-state index contributed by atoms with van der Waals surface area (Å²) in [5, 5.41) is 9.70. The Morgan fingerprint density at radius 2 is 2.10 bits per heavy atom. The second-order valence-electron chi connectivity index (χ2n) is 4.50. The number of benzene rings is 2. The first kappa shape index (κ1) is 12.5. The molecule has 0 radical (unpaired) electrons. The number of nitriles is 1. The lowest BCUT2D eigenvalue weighted by atomic mass is 10.1. The van der Waals surface area contributed by atoms with Gasteiger partial charge in [0.05, 0.1) is 28.4 Å². The van der Waals surface area contributed by atoms with Crippen LogP contribution in [0.15, 0.2) is 36.4 Å². The number of aromatic nitrogens is 2. The van der Waals surface area contributed by atoms with Crippen LogP contribution >= 0.6 is 11.6 Å². The number of hydrogen-bond acceptors (Lipinski definition) is 3. The van der Waals surface area contributed by atoms with Crippen LogP contribution in [0.25, 0.3) is 16.7 Å². The van der Waals surface area contributed by atoms with Gasteiger partial charge >= 0.3 is 0 Å². The lowest BCUT2D eigenvalue weighted by Gasteiger charge is -2.11. The molecule has 0 aliphatic carbocycles. The molecule has 0 unspecified atom stereocenters. The van der Waals surface area contributed by atoms with Gasteiger partial charge in [0.1, 0.15) is 0 Å². The minimum atomic E-state index is 0.375. The zero-order chi connectivity index (χ0) is 14.3. The van der Waals surface area contributed by atoms with E-state index in [-0.39, 0.29) is 0 Å². The Morgan fingerprint density at radius 3 is 2.85 bits per heavy atom. The third-order valence-corrected chi connectivity index (χ3v) is 3.70. The lowest BCUT2D eigenvalue weighted by Crippen LogP contribution is -2.02. The average molecular weight is 283 g/mol. The van der Waals surface area contributed by atoms with E-state index in [1.165, 1.54) is 0 Å². The second-order valence-corrected chi connectivity index (χ2v) is 4.91. The number of nitrogens with two attached hydrogens (primary N) is 1. The van der Waals surface area contributed by atoms with E-state index >= 15 is 0 Å². The molecule has 0 amide bonds. The van der Waals surface area contributed by atoms with Gasteiger partial charge in [-0.15, -0.1) is 0 Å². The second kappa shape index (κ2) is 4.55. The number of nitrogen functional groups attached to an aromatic ring is 1. The van der Waals surface area contributed by atoms with Crippen molar-refractivity contribution in [1.29, 1.82) is 5.26 Å². The van der Waals surface area contributed by atoms with Crippen molar-refractivity contribution in [3.8, 4) is 11.8 Å². The van der Waals surface area contributed by atoms with Crippen molar-refractivity contribution in [2.45, 2.75) is 6.92 Å². The Morgan fingerprint density at radius 1 is 1.30 bits per heavy atom. The summed E-state index contributed by atoms with van der Waals surface area (Å²) in [6.45, 7) is 1.93. The Bertz CT molecular complexity index is 858. The van der Waals surface area contributed by atoms with Crippen molar-refractivity contribution in [2.75, 3.05) is 5.73 Å². The van der Waals surface area contributed by atoms with Crippen LogP contribution < -0.4 is 5.73 Å². The molecule has 0 saturated carbocycles. The number of halogens is 1. The van der Waals surface area contributed by atoms with Crippen molar-refractivity contribution in [2.24, 2.45) is 0 Å². The summed E-state index contributed by atoms with van der Waals surface area (Å²) in [7, 11) is 0. The van der Waals surface area contributed by atoms with E-state index in [0.29, 0.717) is 16.5 Å². The Labute approximate surface area is 121 Å². The molecule has 0 atom stereocenters. The molecule has 4 nitrogen and oxygen atoms in total. The van der Waals surface area contributed by atoms with Crippen molar-refractivity contribution >= 4 is 28.6 Å². The molecule has 20 heavy (non-hydrogen) atoms. The molecule has 0 saturated heterocycles. The van der Waals surface area contributed by atoms with Gasteiger partial charge < -0.3 is 5.73 Å². The van der Waals surface area contributed by atoms with Gasteiger partial charge in [0.2, 0.25) is 5.95 Å². The summed E-state index contributed by atoms with van der Waals surface area (Å²) in [5.41, 5.74) is 9.93. The van der Waals surface area contributed by atoms with E-state index in [0.717, 1.165) is 22.3 Å². The number of hydrogen-bond donors (Lipinski definition) is 1. The zero-order valence-electron chi connectivity index (χ0n) is 10.8. The number of imidazole rings is 1. The predicted molar refractivity (Wildman–Crippen MR) is 79.9 cm³/mol. The summed E-state index contributed by atoms with van der Waals surface area (Å²) in [6, 6.07) is 13.0. The molecular weight excluding hydrogens is 272 g/mol. The average Bonchev–Trinajstić information content (AvgIpc) is 2.77. The lowest BCUT2D eigenvalue weighted by molar-refractivity contribution is 1.09. The molecule has 98 valence electrons. The van der Waals surface area contributed by atoms with Gasteiger partial charge in [0.25, 0.3) is 0 Å². The maximum atomic E-state index is 9.03. The van der Waals surface area contributed by atoms with Crippen molar-refractivity contribution < 1.29 is 0 Å². The third-order valence-electron chi connectivity index (χ3n) is 3.29. The summed E-state index contributed by atoms with van der Waals surface area (Å²) in [4.78, 5) is 4.32. The van der Waals surface area contributed by atoms with Crippen LogP contribution in [-0.4, -0.2) is 9.55 Å². The van der Waals surface area contributed by atoms with E-state index in [1.54, 1.807) is 18.2 Å². The molecule has 0 spiro atoms. The summed E-state index contributed by atoms with van der Waals surface area (Å²) >= 11 is 6.17. The first-order valence-electron chi connectivity index (χ1n) is 6.05. The fraction of sp³-hybridized carbons (Fsp3) is 0.0667. The van der Waals surface area contributed by atoms with Crippen LogP contribution in [0.5, 0.6) is 0 Å². The molecule has 0 bridgehead atoms. The molecule has 1 heterocycles. The molecule has 0 aliphatic rings. The highest BCUT2D eigenvalue weighted by atomic mass is 35.5. The highest BCUT2D eigenvalue weighted by Gasteiger charge is 2.13. The molecule has 1 aromatic heterocycles. The SMILES string of the molecule is Cc1c(Cl)cccc1-n1c(N)nc2ccc(C#N)cc21. The van der Waals surface area contributed by atoms with Crippen LogP contribution in [-0.2, 0) is 0 Å². The fourth-order valence-corrected chi connectivity index (χ4v) is 2.42. The number of nitrogens with zero attached hydrogens (tertiary/aromatic N) is 3. The minimum absolute atomic E-state index is 0.375. The number of fused-ring (bicyclic) bond motifs is 1. The largest absolute Gasteiger partial charge is 0.369 e. The van der Waals surface area contributed by atoms with E-state index < -0.39 is 0 Å². The van der Waals surface area contributed by atoms with Gasteiger partial charge in [-0.05, 0) is 42.8 Å². The summed E-state index contributed by atoms with van der Waals surface area (Å²) < 4.78 is 1.82. The van der Waals surface area contributed by atoms with Crippen LogP contribution in [0, 0.1) is 18.3 Å². The highest BCUT2D eigenvalue weighted by Crippen LogP contribution is 2.28. The van der Waals surface area contributed by atoms with E-state index in [2.05, 4.69) is 11.1 Å². The third kappa shape index (κ3) is 1.80. The zero-order valence-corrected chi connectivity index (χ0v) is 11.5. The molecule has 5 heteroatoms. The summed E-state index contributed by atoms with van der Waals surface area (Å²) in [6.07, 6.45) is 0. The molecule has 2 N–H and O–H groups in total.